The van der Waals surface area contributed by atoms with Crippen molar-refractivity contribution in [2.45, 2.75) is 11.8 Å². The second kappa shape index (κ2) is 6.63. The van der Waals surface area contributed by atoms with Crippen LogP contribution in [0.5, 0.6) is 0 Å². The molecule has 0 spiro atoms. The van der Waals surface area contributed by atoms with Crippen LogP contribution in [0.2, 0.25) is 0 Å². The van der Waals surface area contributed by atoms with Gasteiger partial charge in [-0.2, -0.15) is 0 Å². The van der Waals surface area contributed by atoms with Gasteiger partial charge in [0.15, 0.2) is 0 Å². The SMILES string of the molecule is COCCNc1nc(C)cn1-c1cccc(SC)c1. The zero-order valence-corrected chi connectivity index (χ0v) is 12.3. The van der Waals surface area contributed by atoms with Gasteiger partial charge in [-0.25, -0.2) is 4.98 Å². The fourth-order valence-corrected chi connectivity index (χ4v) is 2.30. The molecular weight excluding hydrogens is 258 g/mol. The van der Waals surface area contributed by atoms with E-state index in [1.165, 1.54) is 4.90 Å². The van der Waals surface area contributed by atoms with Gasteiger partial charge in [0.25, 0.3) is 0 Å². The summed E-state index contributed by atoms with van der Waals surface area (Å²) >= 11 is 1.74. The van der Waals surface area contributed by atoms with Crippen LogP contribution in [0.1, 0.15) is 5.69 Å². The number of methoxy groups -OCH3 is 1. The molecule has 4 nitrogen and oxygen atoms in total. The minimum absolute atomic E-state index is 0.663. The lowest BCUT2D eigenvalue weighted by Gasteiger charge is -2.10. The zero-order chi connectivity index (χ0) is 13.7. The Morgan fingerprint density at radius 2 is 2.26 bits per heavy atom. The van der Waals surface area contributed by atoms with Crippen LogP contribution < -0.4 is 5.32 Å². The average molecular weight is 277 g/mol. The summed E-state index contributed by atoms with van der Waals surface area (Å²) in [6.07, 6.45) is 4.12. The number of anilines is 1. The van der Waals surface area contributed by atoms with E-state index in [0.29, 0.717) is 6.61 Å². The maximum absolute atomic E-state index is 5.05. The third kappa shape index (κ3) is 3.52. The predicted molar refractivity (Wildman–Crippen MR) is 80.4 cm³/mol. The highest BCUT2D eigenvalue weighted by molar-refractivity contribution is 7.98. The average Bonchev–Trinajstić information content (AvgIpc) is 2.80. The third-order valence-corrected chi connectivity index (χ3v) is 3.47. The van der Waals surface area contributed by atoms with Crippen molar-refractivity contribution in [3.8, 4) is 5.69 Å². The van der Waals surface area contributed by atoms with Crippen molar-refractivity contribution in [3.05, 3.63) is 36.2 Å². The van der Waals surface area contributed by atoms with Crippen LogP contribution in [0.15, 0.2) is 35.4 Å². The van der Waals surface area contributed by atoms with Crippen molar-refractivity contribution in [1.29, 1.82) is 0 Å². The molecule has 0 saturated carbocycles. The number of rotatable bonds is 6. The second-order valence-electron chi connectivity index (χ2n) is 4.20. The number of ether oxygens (including phenoxy) is 1. The van der Waals surface area contributed by atoms with E-state index in [4.69, 9.17) is 4.74 Å². The first-order chi connectivity index (χ1) is 9.24. The minimum atomic E-state index is 0.663. The van der Waals surface area contributed by atoms with Gasteiger partial charge in [-0.15, -0.1) is 11.8 Å². The molecule has 0 fully saturated rings. The lowest BCUT2D eigenvalue weighted by Crippen LogP contribution is -2.11. The summed E-state index contributed by atoms with van der Waals surface area (Å²) in [4.78, 5) is 5.75. The quantitative estimate of drug-likeness (QED) is 0.651. The van der Waals surface area contributed by atoms with E-state index in [1.807, 2.05) is 13.1 Å². The molecule has 2 aromatic rings. The summed E-state index contributed by atoms with van der Waals surface area (Å²) in [5.74, 6) is 0.854. The Morgan fingerprint density at radius 3 is 3.00 bits per heavy atom. The Bertz CT molecular complexity index is 539. The molecule has 0 aliphatic heterocycles. The van der Waals surface area contributed by atoms with Gasteiger partial charge < -0.3 is 10.1 Å². The van der Waals surface area contributed by atoms with Crippen molar-refractivity contribution in [2.75, 3.05) is 31.8 Å². The Morgan fingerprint density at radius 1 is 1.42 bits per heavy atom. The van der Waals surface area contributed by atoms with Crippen LogP contribution in [0.25, 0.3) is 5.69 Å². The Labute approximate surface area is 118 Å². The van der Waals surface area contributed by atoms with E-state index in [1.54, 1.807) is 18.9 Å². The number of benzene rings is 1. The largest absolute Gasteiger partial charge is 0.383 e. The van der Waals surface area contributed by atoms with Crippen molar-refractivity contribution < 1.29 is 4.74 Å². The number of hydrogen-bond acceptors (Lipinski definition) is 4. The zero-order valence-electron chi connectivity index (χ0n) is 11.5. The second-order valence-corrected chi connectivity index (χ2v) is 5.08. The van der Waals surface area contributed by atoms with Gasteiger partial charge in [-0.3, -0.25) is 4.57 Å². The number of imidazole rings is 1. The molecule has 1 heterocycles. The van der Waals surface area contributed by atoms with Gasteiger partial charge in [0.1, 0.15) is 0 Å². The van der Waals surface area contributed by atoms with Crippen LogP contribution in [-0.4, -0.2) is 36.1 Å². The molecular formula is C14H19N3OS. The standard InChI is InChI=1S/C14H19N3OS/c1-11-10-17(14(16-11)15-7-8-18-2)12-5-4-6-13(9-12)19-3/h4-6,9-10H,7-8H2,1-3H3,(H,15,16). The summed E-state index contributed by atoms with van der Waals surface area (Å²) in [5.41, 5.74) is 2.11. The molecule has 0 aliphatic carbocycles. The van der Waals surface area contributed by atoms with Gasteiger partial charge >= 0.3 is 0 Å². The summed E-state index contributed by atoms with van der Waals surface area (Å²) in [6, 6.07) is 8.42. The number of thioether (sulfide) groups is 1. The molecule has 0 atom stereocenters. The van der Waals surface area contributed by atoms with Gasteiger partial charge in [0.05, 0.1) is 12.3 Å². The molecule has 19 heavy (non-hydrogen) atoms. The van der Waals surface area contributed by atoms with E-state index < -0.39 is 0 Å². The van der Waals surface area contributed by atoms with Crippen molar-refractivity contribution in [2.24, 2.45) is 0 Å². The summed E-state index contributed by atoms with van der Waals surface area (Å²) in [5, 5.41) is 3.29. The van der Waals surface area contributed by atoms with Gasteiger partial charge in [0, 0.05) is 30.4 Å². The highest BCUT2D eigenvalue weighted by Crippen LogP contribution is 2.21. The van der Waals surface area contributed by atoms with E-state index >= 15 is 0 Å². The van der Waals surface area contributed by atoms with Crippen molar-refractivity contribution in [3.63, 3.8) is 0 Å². The van der Waals surface area contributed by atoms with Gasteiger partial charge in [0.2, 0.25) is 5.95 Å². The van der Waals surface area contributed by atoms with E-state index in [-0.39, 0.29) is 0 Å². The van der Waals surface area contributed by atoms with E-state index in [9.17, 15) is 0 Å². The van der Waals surface area contributed by atoms with Crippen LogP contribution >= 0.6 is 11.8 Å². The molecule has 102 valence electrons. The maximum Gasteiger partial charge on any atom is 0.207 e. The van der Waals surface area contributed by atoms with Crippen LogP contribution in [0.3, 0.4) is 0 Å². The molecule has 0 radical (unpaired) electrons. The van der Waals surface area contributed by atoms with Crippen LogP contribution in [0, 0.1) is 6.92 Å². The number of nitrogens with one attached hydrogen (secondary N) is 1. The fraction of sp³-hybridized carbons (Fsp3) is 0.357. The Balaban J connectivity index is 2.27. The Kier molecular flexibility index (Phi) is 4.87. The third-order valence-electron chi connectivity index (χ3n) is 2.75. The minimum Gasteiger partial charge on any atom is -0.383 e. The lowest BCUT2D eigenvalue weighted by atomic mass is 10.3. The molecule has 0 amide bonds. The van der Waals surface area contributed by atoms with Crippen molar-refractivity contribution in [1.82, 2.24) is 9.55 Å². The molecule has 0 aliphatic rings. The molecule has 1 aromatic heterocycles. The van der Waals surface area contributed by atoms with Gasteiger partial charge in [-0.1, -0.05) is 6.07 Å². The van der Waals surface area contributed by atoms with Crippen LogP contribution in [0.4, 0.5) is 5.95 Å². The first kappa shape index (κ1) is 14.0. The van der Waals surface area contributed by atoms with Gasteiger partial charge in [-0.05, 0) is 31.4 Å². The maximum atomic E-state index is 5.05. The Hall–Kier alpha value is -1.46. The highest BCUT2D eigenvalue weighted by atomic mass is 32.2. The first-order valence-corrected chi connectivity index (χ1v) is 7.40. The number of aryl methyl sites for hydroxylation is 1. The molecule has 1 aromatic carbocycles. The topological polar surface area (TPSA) is 39.1 Å². The number of aromatic nitrogens is 2. The van der Waals surface area contributed by atoms with E-state index in [0.717, 1.165) is 23.9 Å². The fourth-order valence-electron chi connectivity index (χ4n) is 1.84. The lowest BCUT2D eigenvalue weighted by molar-refractivity contribution is 0.210. The van der Waals surface area contributed by atoms with Crippen molar-refractivity contribution >= 4 is 17.7 Å². The first-order valence-electron chi connectivity index (χ1n) is 6.18. The molecule has 1 N–H and O–H groups in total. The van der Waals surface area contributed by atoms with Crippen LogP contribution in [-0.2, 0) is 4.74 Å². The summed E-state index contributed by atoms with van der Waals surface area (Å²) < 4.78 is 7.12. The monoisotopic (exact) mass is 277 g/mol. The smallest absolute Gasteiger partial charge is 0.207 e. The van der Waals surface area contributed by atoms with E-state index in [2.05, 4.69) is 45.4 Å². The normalized spacial score (nSPS) is 10.7. The number of nitrogens with zero attached hydrogens (tertiary/aromatic N) is 2. The number of hydrogen-bond donors (Lipinski definition) is 1. The highest BCUT2D eigenvalue weighted by Gasteiger charge is 2.07. The molecule has 0 unspecified atom stereocenters. The predicted octanol–water partition coefficient (Wildman–Crippen LogP) is 2.96. The molecule has 5 heteroatoms. The molecule has 0 bridgehead atoms. The molecule has 0 saturated heterocycles. The molecule has 2 rings (SSSR count). The summed E-state index contributed by atoms with van der Waals surface area (Å²) in [7, 11) is 1.70. The summed E-state index contributed by atoms with van der Waals surface area (Å²) in [6.45, 7) is 3.41.